The van der Waals surface area contributed by atoms with E-state index in [1.165, 1.54) is 0 Å². The molecule has 1 aromatic rings. The Morgan fingerprint density at radius 2 is 1.90 bits per heavy atom. The lowest BCUT2D eigenvalue weighted by molar-refractivity contribution is 0.226. The fraction of sp³-hybridized carbons (Fsp3) is 0.625. The lowest BCUT2D eigenvalue weighted by Crippen LogP contribution is -2.39. The molecule has 2 rings (SSSR count). The van der Waals surface area contributed by atoms with Crippen molar-refractivity contribution in [2.45, 2.75) is 45.1 Å². The fourth-order valence-corrected chi connectivity index (χ4v) is 4.72. The van der Waals surface area contributed by atoms with Crippen molar-refractivity contribution in [1.82, 2.24) is 4.31 Å². The van der Waals surface area contributed by atoms with E-state index >= 15 is 0 Å². The number of hydrogen-bond acceptors (Lipinski definition) is 3. The molecule has 0 bridgehead atoms. The van der Waals surface area contributed by atoms with Crippen molar-refractivity contribution in [3.05, 3.63) is 29.3 Å². The zero-order chi connectivity index (χ0) is 15.6. The summed E-state index contributed by atoms with van der Waals surface area (Å²) in [6, 6.07) is 5.45. The molecule has 2 N–H and O–H groups in total. The van der Waals surface area contributed by atoms with Gasteiger partial charge in [-0.05, 0) is 48.8 Å². The topological polar surface area (TPSA) is 63.4 Å². The van der Waals surface area contributed by atoms with Gasteiger partial charge in [-0.3, -0.25) is 0 Å². The number of aryl methyl sites for hydroxylation is 1. The number of piperidine rings is 1. The maximum absolute atomic E-state index is 12.8. The molecule has 5 heteroatoms. The van der Waals surface area contributed by atoms with Crippen LogP contribution in [0.1, 0.15) is 37.8 Å². The molecule has 1 aromatic carbocycles. The number of nitrogens with zero attached hydrogens (tertiary/aromatic N) is 1. The van der Waals surface area contributed by atoms with E-state index in [4.69, 9.17) is 5.73 Å². The zero-order valence-electron chi connectivity index (χ0n) is 13.2. The van der Waals surface area contributed by atoms with Crippen LogP contribution < -0.4 is 5.73 Å². The largest absolute Gasteiger partial charge is 0.326 e. The second kappa shape index (κ2) is 6.46. The van der Waals surface area contributed by atoms with Crippen LogP contribution in [-0.2, 0) is 16.6 Å². The van der Waals surface area contributed by atoms with Crippen molar-refractivity contribution >= 4 is 10.0 Å². The van der Waals surface area contributed by atoms with Gasteiger partial charge in [0.15, 0.2) is 0 Å². The first kappa shape index (κ1) is 16.5. The lowest BCUT2D eigenvalue weighted by Gasteiger charge is -2.33. The molecule has 118 valence electrons. The number of nitrogens with two attached hydrogens (primary N) is 1. The predicted octanol–water partition coefficient (Wildman–Crippen LogP) is 2.51. The summed E-state index contributed by atoms with van der Waals surface area (Å²) >= 11 is 0. The van der Waals surface area contributed by atoms with E-state index in [0.717, 1.165) is 24.0 Å². The highest BCUT2D eigenvalue weighted by atomic mass is 32.2. The van der Waals surface area contributed by atoms with Gasteiger partial charge in [-0.2, -0.15) is 4.31 Å². The van der Waals surface area contributed by atoms with E-state index in [1.54, 1.807) is 10.4 Å². The minimum Gasteiger partial charge on any atom is -0.326 e. The van der Waals surface area contributed by atoms with Crippen LogP contribution in [0.15, 0.2) is 23.1 Å². The van der Waals surface area contributed by atoms with Gasteiger partial charge in [0.2, 0.25) is 10.0 Å². The maximum Gasteiger partial charge on any atom is 0.243 e. The zero-order valence-corrected chi connectivity index (χ0v) is 14.0. The highest BCUT2D eigenvalue weighted by Crippen LogP contribution is 2.29. The van der Waals surface area contributed by atoms with E-state index < -0.39 is 10.0 Å². The van der Waals surface area contributed by atoms with Gasteiger partial charge in [0.1, 0.15) is 0 Å². The molecule has 0 unspecified atom stereocenters. The molecule has 0 spiro atoms. The SMILES string of the molecule is Cc1ccc(CN)cc1S(=O)(=O)N1CCC(C(C)C)CC1. The summed E-state index contributed by atoms with van der Waals surface area (Å²) < 4.78 is 27.3. The van der Waals surface area contributed by atoms with Gasteiger partial charge >= 0.3 is 0 Å². The summed E-state index contributed by atoms with van der Waals surface area (Å²) in [5, 5.41) is 0. The van der Waals surface area contributed by atoms with Crippen LogP contribution in [0, 0.1) is 18.8 Å². The second-order valence-electron chi connectivity index (χ2n) is 6.29. The predicted molar refractivity (Wildman–Crippen MR) is 85.4 cm³/mol. The first-order valence-corrected chi connectivity index (χ1v) is 9.10. The standard InChI is InChI=1S/C16H26N2O2S/c1-12(2)15-6-8-18(9-7-15)21(19,20)16-10-14(11-17)5-4-13(16)3/h4-5,10,12,15H,6-9,11,17H2,1-3H3. The molecule has 0 atom stereocenters. The van der Waals surface area contributed by atoms with Crippen LogP contribution in [0.2, 0.25) is 0 Å². The van der Waals surface area contributed by atoms with Crippen molar-refractivity contribution < 1.29 is 8.42 Å². The van der Waals surface area contributed by atoms with Gasteiger partial charge < -0.3 is 5.73 Å². The Labute approximate surface area is 128 Å². The maximum atomic E-state index is 12.8. The van der Waals surface area contributed by atoms with E-state index in [-0.39, 0.29) is 0 Å². The number of benzene rings is 1. The highest BCUT2D eigenvalue weighted by Gasteiger charge is 2.31. The summed E-state index contributed by atoms with van der Waals surface area (Å²) in [7, 11) is -3.40. The summed E-state index contributed by atoms with van der Waals surface area (Å²) in [4.78, 5) is 0.411. The van der Waals surface area contributed by atoms with E-state index in [2.05, 4.69) is 13.8 Å². The minimum absolute atomic E-state index is 0.359. The molecule has 4 nitrogen and oxygen atoms in total. The number of sulfonamides is 1. The summed E-state index contributed by atoms with van der Waals surface area (Å²) in [5.41, 5.74) is 7.28. The van der Waals surface area contributed by atoms with Crippen LogP contribution >= 0.6 is 0 Å². The van der Waals surface area contributed by atoms with Crippen molar-refractivity contribution in [2.24, 2.45) is 17.6 Å². The quantitative estimate of drug-likeness (QED) is 0.929. The first-order chi connectivity index (χ1) is 9.86. The van der Waals surface area contributed by atoms with Gasteiger partial charge in [0.05, 0.1) is 4.90 Å². The molecule has 1 aliphatic rings. The van der Waals surface area contributed by atoms with Crippen molar-refractivity contribution in [3.8, 4) is 0 Å². The molecule has 0 aliphatic carbocycles. The Kier molecular flexibility index (Phi) is 5.07. The molecule has 21 heavy (non-hydrogen) atoms. The third kappa shape index (κ3) is 3.47. The van der Waals surface area contributed by atoms with Crippen LogP contribution in [0.5, 0.6) is 0 Å². The average Bonchev–Trinajstić information content (AvgIpc) is 2.47. The Morgan fingerprint density at radius 3 is 2.43 bits per heavy atom. The third-order valence-electron chi connectivity index (χ3n) is 4.55. The second-order valence-corrected chi connectivity index (χ2v) is 8.20. The van der Waals surface area contributed by atoms with Gasteiger partial charge in [0, 0.05) is 19.6 Å². The molecule has 0 saturated carbocycles. The summed E-state index contributed by atoms with van der Waals surface area (Å²) in [6.45, 7) is 7.87. The smallest absolute Gasteiger partial charge is 0.243 e. The molecule has 1 aliphatic heterocycles. The van der Waals surface area contributed by atoms with E-state index in [1.807, 2.05) is 19.1 Å². The monoisotopic (exact) mass is 310 g/mol. The van der Waals surface area contributed by atoms with Crippen molar-refractivity contribution in [1.29, 1.82) is 0 Å². The third-order valence-corrected chi connectivity index (χ3v) is 6.59. The molecular formula is C16H26N2O2S. The lowest BCUT2D eigenvalue weighted by atomic mass is 9.87. The molecule has 1 fully saturated rings. The van der Waals surface area contributed by atoms with Crippen LogP contribution in [0.3, 0.4) is 0 Å². The molecule has 0 amide bonds. The Bertz CT molecular complexity index is 588. The molecular weight excluding hydrogens is 284 g/mol. The average molecular weight is 310 g/mol. The normalized spacial score (nSPS) is 18.3. The summed E-state index contributed by atoms with van der Waals surface area (Å²) in [6.07, 6.45) is 1.90. The van der Waals surface area contributed by atoms with Crippen molar-refractivity contribution in [2.75, 3.05) is 13.1 Å². The number of hydrogen-bond donors (Lipinski definition) is 1. The van der Waals surface area contributed by atoms with E-state index in [9.17, 15) is 8.42 Å². The Morgan fingerprint density at radius 1 is 1.29 bits per heavy atom. The van der Waals surface area contributed by atoms with Crippen LogP contribution in [0.25, 0.3) is 0 Å². The van der Waals surface area contributed by atoms with Gasteiger partial charge in [0.25, 0.3) is 0 Å². The van der Waals surface area contributed by atoms with E-state index in [0.29, 0.717) is 36.4 Å². The molecule has 1 saturated heterocycles. The Hall–Kier alpha value is -0.910. The van der Waals surface area contributed by atoms with Gasteiger partial charge in [-0.1, -0.05) is 26.0 Å². The number of rotatable bonds is 4. The molecule has 0 aromatic heterocycles. The van der Waals surface area contributed by atoms with Crippen molar-refractivity contribution in [3.63, 3.8) is 0 Å². The molecule has 1 heterocycles. The minimum atomic E-state index is -3.40. The van der Waals surface area contributed by atoms with Gasteiger partial charge in [-0.15, -0.1) is 0 Å². The molecule has 0 radical (unpaired) electrons. The van der Waals surface area contributed by atoms with Crippen LogP contribution in [-0.4, -0.2) is 25.8 Å². The van der Waals surface area contributed by atoms with Crippen LogP contribution in [0.4, 0.5) is 0 Å². The fourth-order valence-electron chi connectivity index (χ4n) is 2.97. The first-order valence-electron chi connectivity index (χ1n) is 7.66. The summed E-state index contributed by atoms with van der Waals surface area (Å²) in [5.74, 6) is 1.25. The Balaban J connectivity index is 2.23. The van der Waals surface area contributed by atoms with Gasteiger partial charge in [-0.25, -0.2) is 8.42 Å². The highest BCUT2D eigenvalue weighted by molar-refractivity contribution is 7.89.